The van der Waals surface area contributed by atoms with Gasteiger partial charge < -0.3 is 19.0 Å². The summed E-state index contributed by atoms with van der Waals surface area (Å²) in [6.07, 6.45) is 2.31. The molecule has 0 aliphatic rings. The molecule has 6 heteroatoms. The molecule has 2 aromatic carbocycles. The number of fused-ring (bicyclic) bond motifs is 1. The Labute approximate surface area is 169 Å². The van der Waals surface area contributed by atoms with Gasteiger partial charge in [-0.25, -0.2) is 4.98 Å². The summed E-state index contributed by atoms with van der Waals surface area (Å²) in [5.41, 5.74) is 1.95. The van der Waals surface area contributed by atoms with E-state index in [4.69, 9.17) is 14.1 Å². The van der Waals surface area contributed by atoms with Crippen LogP contribution < -0.4 is 10.1 Å². The fourth-order valence-electron chi connectivity index (χ4n) is 3.33. The molecule has 2 aromatic heterocycles. The first-order chi connectivity index (χ1) is 14.2. The minimum absolute atomic E-state index is 0.256. The molecule has 6 nitrogen and oxygen atoms in total. The molecule has 4 rings (SSSR count). The second kappa shape index (κ2) is 8.65. The third-order valence-corrected chi connectivity index (χ3v) is 4.70. The average molecular weight is 389 g/mol. The number of amides is 1. The van der Waals surface area contributed by atoms with Crippen LogP contribution in [0.15, 0.2) is 77.4 Å². The third-order valence-electron chi connectivity index (χ3n) is 4.70. The highest BCUT2D eigenvalue weighted by atomic mass is 16.5. The molecule has 0 spiro atoms. The van der Waals surface area contributed by atoms with Crippen LogP contribution in [-0.2, 0) is 6.54 Å². The molecule has 0 saturated carbocycles. The number of ether oxygens (including phenoxy) is 1. The second-order valence-corrected chi connectivity index (χ2v) is 6.80. The van der Waals surface area contributed by atoms with Crippen LogP contribution in [-0.4, -0.2) is 22.1 Å². The number of nitrogens with zero attached hydrogens (tertiary/aromatic N) is 2. The number of carbonyl (C=O) groups excluding carboxylic acids is 1. The number of benzene rings is 2. The topological polar surface area (TPSA) is 69.3 Å². The normalized spacial score (nSPS) is 12.0. The highest BCUT2D eigenvalue weighted by Crippen LogP contribution is 2.22. The van der Waals surface area contributed by atoms with Crippen LogP contribution in [0.2, 0.25) is 0 Å². The van der Waals surface area contributed by atoms with Gasteiger partial charge in [0, 0.05) is 6.54 Å². The van der Waals surface area contributed by atoms with E-state index in [1.165, 1.54) is 6.26 Å². The third kappa shape index (κ3) is 4.32. The molecule has 1 atom stereocenters. The summed E-state index contributed by atoms with van der Waals surface area (Å²) in [5.74, 6) is 1.71. The number of furan rings is 1. The number of rotatable bonds is 8. The highest BCUT2D eigenvalue weighted by Gasteiger charge is 2.20. The molecule has 2 heterocycles. The molecule has 0 bridgehead atoms. The maximum Gasteiger partial charge on any atom is 0.287 e. The maximum absolute atomic E-state index is 12.4. The average Bonchev–Trinajstić information content (AvgIpc) is 3.40. The van der Waals surface area contributed by atoms with Gasteiger partial charge >= 0.3 is 0 Å². The van der Waals surface area contributed by atoms with Gasteiger partial charge in [-0.2, -0.15) is 0 Å². The van der Waals surface area contributed by atoms with Crippen molar-refractivity contribution >= 4 is 16.9 Å². The predicted octanol–water partition coefficient (Wildman–Crippen LogP) is 4.59. The van der Waals surface area contributed by atoms with Gasteiger partial charge in [-0.05, 0) is 49.7 Å². The van der Waals surface area contributed by atoms with Crippen molar-refractivity contribution in [1.82, 2.24) is 14.9 Å². The molecule has 148 valence electrons. The van der Waals surface area contributed by atoms with Crippen molar-refractivity contribution in [3.8, 4) is 5.75 Å². The predicted molar refractivity (Wildman–Crippen MR) is 111 cm³/mol. The smallest absolute Gasteiger partial charge is 0.287 e. The standard InChI is InChI=1S/C23H23N3O3/c1-17(24-23(27)21-13-7-15-29-21)22-25-19-11-5-6-12-20(19)26(22)14-8-16-28-18-9-3-2-4-10-18/h2-7,9-13,15,17H,8,14,16H2,1H3,(H,24,27). The van der Waals surface area contributed by atoms with Crippen LogP contribution in [0.4, 0.5) is 0 Å². The first-order valence-corrected chi connectivity index (χ1v) is 9.70. The molecule has 0 saturated heterocycles. The van der Waals surface area contributed by atoms with E-state index in [9.17, 15) is 4.79 Å². The fourth-order valence-corrected chi connectivity index (χ4v) is 3.33. The Morgan fingerprint density at radius 3 is 2.69 bits per heavy atom. The minimum Gasteiger partial charge on any atom is -0.494 e. The quantitative estimate of drug-likeness (QED) is 0.448. The van der Waals surface area contributed by atoms with Gasteiger partial charge in [0.2, 0.25) is 0 Å². The number of aromatic nitrogens is 2. The lowest BCUT2D eigenvalue weighted by Crippen LogP contribution is -2.28. The second-order valence-electron chi connectivity index (χ2n) is 6.80. The van der Waals surface area contributed by atoms with Crippen molar-refractivity contribution in [3.05, 3.63) is 84.6 Å². The van der Waals surface area contributed by atoms with Crippen LogP contribution >= 0.6 is 0 Å². The van der Waals surface area contributed by atoms with Gasteiger partial charge in [-0.3, -0.25) is 4.79 Å². The lowest BCUT2D eigenvalue weighted by atomic mass is 10.2. The largest absolute Gasteiger partial charge is 0.494 e. The van der Waals surface area contributed by atoms with Gasteiger partial charge in [0.1, 0.15) is 11.6 Å². The summed E-state index contributed by atoms with van der Waals surface area (Å²) in [5, 5.41) is 2.97. The van der Waals surface area contributed by atoms with Crippen molar-refractivity contribution in [1.29, 1.82) is 0 Å². The van der Waals surface area contributed by atoms with E-state index >= 15 is 0 Å². The summed E-state index contributed by atoms with van der Waals surface area (Å²) >= 11 is 0. The summed E-state index contributed by atoms with van der Waals surface area (Å²) in [7, 11) is 0. The molecular formula is C23H23N3O3. The van der Waals surface area contributed by atoms with E-state index < -0.39 is 0 Å². The fraction of sp³-hybridized carbons (Fsp3) is 0.217. The zero-order valence-electron chi connectivity index (χ0n) is 16.2. The molecule has 0 aliphatic heterocycles. The molecule has 1 N–H and O–H groups in total. The Balaban J connectivity index is 1.48. The van der Waals surface area contributed by atoms with Crippen LogP contribution in [0, 0.1) is 0 Å². The number of imidazole rings is 1. The molecule has 29 heavy (non-hydrogen) atoms. The zero-order chi connectivity index (χ0) is 20.1. The molecule has 4 aromatic rings. The van der Waals surface area contributed by atoms with Crippen LogP contribution in [0.25, 0.3) is 11.0 Å². The van der Waals surface area contributed by atoms with E-state index in [2.05, 4.69) is 9.88 Å². The van der Waals surface area contributed by atoms with Gasteiger partial charge in [-0.1, -0.05) is 30.3 Å². The Morgan fingerprint density at radius 1 is 1.10 bits per heavy atom. The summed E-state index contributed by atoms with van der Waals surface area (Å²) in [6.45, 7) is 3.27. The number of hydrogen-bond acceptors (Lipinski definition) is 4. The molecule has 1 amide bonds. The molecule has 0 fully saturated rings. The molecular weight excluding hydrogens is 366 g/mol. The van der Waals surface area contributed by atoms with E-state index in [-0.39, 0.29) is 17.7 Å². The van der Waals surface area contributed by atoms with Crippen molar-refractivity contribution in [2.75, 3.05) is 6.61 Å². The van der Waals surface area contributed by atoms with Crippen molar-refractivity contribution in [2.24, 2.45) is 0 Å². The van der Waals surface area contributed by atoms with E-state index in [0.29, 0.717) is 6.61 Å². The number of aryl methyl sites for hydroxylation is 1. The summed E-state index contributed by atoms with van der Waals surface area (Å²) in [4.78, 5) is 17.1. The van der Waals surface area contributed by atoms with Gasteiger partial charge in [0.05, 0.1) is 29.9 Å². The van der Waals surface area contributed by atoms with Crippen LogP contribution in [0.1, 0.15) is 35.8 Å². The Bertz CT molecular complexity index is 1070. The van der Waals surface area contributed by atoms with Crippen molar-refractivity contribution < 1.29 is 13.9 Å². The number of para-hydroxylation sites is 3. The van der Waals surface area contributed by atoms with E-state index in [1.54, 1.807) is 12.1 Å². The zero-order valence-corrected chi connectivity index (χ0v) is 16.2. The number of nitrogens with one attached hydrogen (secondary N) is 1. The van der Waals surface area contributed by atoms with Crippen LogP contribution in [0.5, 0.6) is 5.75 Å². The monoisotopic (exact) mass is 389 g/mol. The van der Waals surface area contributed by atoms with Crippen LogP contribution in [0.3, 0.4) is 0 Å². The lowest BCUT2D eigenvalue weighted by Gasteiger charge is -2.16. The van der Waals surface area contributed by atoms with Crippen molar-refractivity contribution in [3.63, 3.8) is 0 Å². The van der Waals surface area contributed by atoms with E-state index in [0.717, 1.165) is 35.6 Å². The number of hydrogen-bond donors (Lipinski definition) is 1. The summed E-state index contributed by atoms with van der Waals surface area (Å²) < 4.78 is 13.2. The summed E-state index contributed by atoms with van der Waals surface area (Å²) in [6, 6.07) is 20.8. The Kier molecular flexibility index (Phi) is 5.61. The molecule has 0 radical (unpaired) electrons. The van der Waals surface area contributed by atoms with Gasteiger partial charge in [0.15, 0.2) is 5.76 Å². The minimum atomic E-state index is -0.268. The van der Waals surface area contributed by atoms with Gasteiger partial charge in [-0.15, -0.1) is 0 Å². The number of carbonyl (C=O) groups is 1. The van der Waals surface area contributed by atoms with Crippen molar-refractivity contribution in [2.45, 2.75) is 25.9 Å². The first kappa shape index (κ1) is 18.8. The first-order valence-electron chi connectivity index (χ1n) is 9.70. The molecule has 0 aliphatic carbocycles. The lowest BCUT2D eigenvalue weighted by molar-refractivity contribution is 0.0909. The van der Waals surface area contributed by atoms with Gasteiger partial charge in [0.25, 0.3) is 5.91 Å². The highest BCUT2D eigenvalue weighted by molar-refractivity contribution is 5.91. The maximum atomic E-state index is 12.4. The Morgan fingerprint density at radius 2 is 1.90 bits per heavy atom. The van der Waals surface area contributed by atoms with E-state index in [1.807, 2.05) is 61.5 Å². The molecule has 1 unspecified atom stereocenters. The Hall–Kier alpha value is -3.54. The SMILES string of the molecule is CC(NC(=O)c1ccco1)c1nc2ccccc2n1CCCOc1ccccc1.